The third kappa shape index (κ3) is 3.15. The molecule has 0 aromatic heterocycles. The minimum Gasteiger partial charge on any atom is -0.496 e. The summed E-state index contributed by atoms with van der Waals surface area (Å²) >= 11 is 0. The molecule has 1 heterocycles. The molecule has 1 aromatic rings. The van der Waals surface area contributed by atoms with Crippen molar-refractivity contribution < 1.29 is 32.6 Å². The minimum atomic E-state index is -3.99. The van der Waals surface area contributed by atoms with Crippen molar-refractivity contribution in [1.29, 1.82) is 0 Å². The number of carbonyl (C=O) groups excluding carboxylic acids is 1. The van der Waals surface area contributed by atoms with E-state index in [2.05, 4.69) is 4.74 Å². The number of aliphatic carboxylic acids is 1. The van der Waals surface area contributed by atoms with E-state index < -0.39 is 28.0 Å². The number of methoxy groups -OCH3 is 2. The first-order valence-electron chi connectivity index (χ1n) is 6.84. The first-order valence-corrected chi connectivity index (χ1v) is 8.28. The average Bonchev–Trinajstić information content (AvgIpc) is 3.04. The topological polar surface area (TPSA) is 110 Å². The van der Waals surface area contributed by atoms with E-state index >= 15 is 0 Å². The zero-order valence-electron chi connectivity index (χ0n) is 12.7. The molecule has 23 heavy (non-hydrogen) atoms. The van der Waals surface area contributed by atoms with Crippen LogP contribution in [0.25, 0.3) is 0 Å². The highest BCUT2D eigenvalue weighted by Gasteiger charge is 2.39. The Kier molecular flexibility index (Phi) is 4.90. The molecule has 1 N–H and O–H groups in total. The zero-order valence-corrected chi connectivity index (χ0v) is 13.5. The van der Waals surface area contributed by atoms with E-state index in [1.165, 1.54) is 32.4 Å². The van der Waals surface area contributed by atoms with Crippen molar-refractivity contribution in [3.63, 3.8) is 0 Å². The summed E-state index contributed by atoms with van der Waals surface area (Å²) in [5, 5.41) is 9.15. The van der Waals surface area contributed by atoms with Crippen molar-refractivity contribution in [3.05, 3.63) is 23.8 Å². The van der Waals surface area contributed by atoms with Crippen LogP contribution in [0.15, 0.2) is 23.1 Å². The highest BCUT2D eigenvalue weighted by atomic mass is 32.2. The summed E-state index contributed by atoms with van der Waals surface area (Å²) in [6.07, 6.45) is 0.750. The second-order valence-corrected chi connectivity index (χ2v) is 6.86. The van der Waals surface area contributed by atoms with E-state index in [0.717, 1.165) is 4.31 Å². The average molecular weight is 343 g/mol. The fraction of sp³-hybridized carbons (Fsp3) is 0.429. The number of sulfonamides is 1. The normalized spacial score (nSPS) is 18.6. The van der Waals surface area contributed by atoms with Crippen LogP contribution in [0.1, 0.15) is 23.2 Å². The van der Waals surface area contributed by atoms with Crippen LogP contribution in [0.4, 0.5) is 0 Å². The van der Waals surface area contributed by atoms with Crippen LogP contribution in [0, 0.1) is 0 Å². The van der Waals surface area contributed by atoms with Crippen molar-refractivity contribution in [2.45, 2.75) is 23.8 Å². The molecular formula is C14H17NO7S. The summed E-state index contributed by atoms with van der Waals surface area (Å²) in [4.78, 5) is 22.7. The maximum atomic E-state index is 12.7. The van der Waals surface area contributed by atoms with E-state index in [0.29, 0.717) is 6.42 Å². The van der Waals surface area contributed by atoms with Crippen LogP contribution in [0.5, 0.6) is 5.75 Å². The summed E-state index contributed by atoms with van der Waals surface area (Å²) in [5.74, 6) is -1.79. The minimum absolute atomic E-state index is 0.0454. The van der Waals surface area contributed by atoms with Crippen LogP contribution in [0.2, 0.25) is 0 Å². The molecule has 1 fully saturated rings. The Morgan fingerprint density at radius 3 is 2.57 bits per heavy atom. The van der Waals surface area contributed by atoms with Gasteiger partial charge in [0.25, 0.3) is 0 Å². The molecule has 0 spiro atoms. The number of benzene rings is 1. The molecular weight excluding hydrogens is 326 g/mol. The Morgan fingerprint density at radius 2 is 2.00 bits per heavy atom. The molecule has 1 atom stereocenters. The van der Waals surface area contributed by atoms with Gasteiger partial charge in [-0.05, 0) is 25.0 Å². The maximum absolute atomic E-state index is 12.7. The highest BCUT2D eigenvalue weighted by molar-refractivity contribution is 7.89. The van der Waals surface area contributed by atoms with Gasteiger partial charge in [0.2, 0.25) is 10.0 Å². The van der Waals surface area contributed by atoms with Crippen molar-refractivity contribution in [2.75, 3.05) is 20.8 Å². The maximum Gasteiger partial charge on any atom is 0.341 e. The van der Waals surface area contributed by atoms with Gasteiger partial charge in [0.15, 0.2) is 0 Å². The van der Waals surface area contributed by atoms with Gasteiger partial charge in [-0.3, -0.25) is 4.79 Å². The standard InChI is InChI=1S/C14H17NO7S/c1-21-12-8-9(5-6-10(12)14(18)22-2)23(19,20)15-7-3-4-11(15)13(16)17/h5-6,8,11H,3-4,7H2,1-2H3,(H,16,17)/t11-/m1/s1. The monoisotopic (exact) mass is 343 g/mol. The largest absolute Gasteiger partial charge is 0.496 e. The lowest BCUT2D eigenvalue weighted by Crippen LogP contribution is -2.40. The van der Waals surface area contributed by atoms with E-state index in [1.54, 1.807) is 0 Å². The number of rotatable bonds is 5. The summed E-state index contributed by atoms with van der Waals surface area (Å²) in [5.41, 5.74) is 0.0881. The lowest BCUT2D eigenvalue weighted by atomic mass is 10.2. The van der Waals surface area contributed by atoms with Crippen LogP contribution in [-0.2, 0) is 19.6 Å². The van der Waals surface area contributed by atoms with Crippen molar-refractivity contribution in [2.24, 2.45) is 0 Å². The summed E-state index contributed by atoms with van der Waals surface area (Å²) < 4.78 is 35.9. The number of nitrogens with zero attached hydrogens (tertiary/aromatic N) is 1. The SMILES string of the molecule is COC(=O)c1ccc(S(=O)(=O)N2CCC[C@@H]2C(=O)O)cc1OC. The van der Waals surface area contributed by atoms with Crippen molar-refractivity contribution in [3.8, 4) is 5.75 Å². The van der Waals surface area contributed by atoms with Gasteiger partial charge in [-0.25, -0.2) is 13.2 Å². The number of carboxylic acids is 1. The van der Waals surface area contributed by atoms with Crippen LogP contribution in [-0.4, -0.2) is 56.6 Å². The van der Waals surface area contributed by atoms with Crippen molar-refractivity contribution >= 4 is 22.0 Å². The first-order chi connectivity index (χ1) is 10.8. The molecule has 1 aromatic carbocycles. The van der Waals surface area contributed by atoms with Gasteiger partial charge in [-0.15, -0.1) is 0 Å². The van der Waals surface area contributed by atoms with Crippen LogP contribution >= 0.6 is 0 Å². The molecule has 0 amide bonds. The molecule has 0 aliphatic carbocycles. The molecule has 2 rings (SSSR count). The predicted molar refractivity (Wildman–Crippen MR) is 78.9 cm³/mol. The van der Waals surface area contributed by atoms with Gasteiger partial charge >= 0.3 is 11.9 Å². The number of hydrogen-bond acceptors (Lipinski definition) is 6. The quantitative estimate of drug-likeness (QED) is 0.784. The van der Waals surface area contributed by atoms with E-state index in [1.807, 2.05) is 0 Å². The van der Waals surface area contributed by atoms with Crippen molar-refractivity contribution in [1.82, 2.24) is 4.31 Å². The molecule has 1 aliphatic heterocycles. The number of carbonyl (C=O) groups is 2. The van der Waals surface area contributed by atoms with Crippen LogP contribution < -0.4 is 4.74 Å². The van der Waals surface area contributed by atoms with Gasteiger partial charge in [-0.2, -0.15) is 4.31 Å². The molecule has 0 bridgehead atoms. The lowest BCUT2D eigenvalue weighted by molar-refractivity contribution is -0.140. The smallest absolute Gasteiger partial charge is 0.341 e. The highest BCUT2D eigenvalue weighted by Crippen LogP contribution is 2.30. The van der Waals surface area contributed by atoms with Gasteiger partial charge in [0.05, 0.1) is 19.1 Å². The van der Waals surface area contributed by atoms with Crippen LogP contribution in [0.3, 0.4) is 0 Å². The molecule has 1 aliphatic rings. The fourth-order valence-electron chi connectivity index (χ4n) is 2.52. The molecule has 126 valence electrons. The fourth-order valence-corrected chi connectivity index (χ4v) is 4.19. The molecule has 1 saturated heterocycles. The molecule has 0 unspecified atom stereocenters. The Labute approximate surface area is 133 Å². The number of esters is 1. The molecule has 8 nitrogen and oxygen atoms in total. The molecule has 9 heteroatoms. The Bertz CT molecular complexity index is 729. The third-order valence-corrected chi connectivity index (χ3v) is 5.58. The Hall–Kier alpha value is -2.13. The van der Waals surface area contributed by atoms with E-state index in [9.17, 15) is 18.0 Å². The Morgan fingerprint density at radius 1 is 1.30 bits per heavy atom. The number of hydrogen-bond donors (Lipinski definition) is 1. The van der Waals surface area contributed by atoms with Gasteiger partial charge in [-0.1, -0.05) is 0 Å². The number of carboxylic acid groups (broad SMARTS) is 1. The van der Waals surface area contributed by atoms with E-state index in [4.69, 9.17) is 9.84 Å². The Balaban J connectivity index is 2.44. The summed E-state index contributed by atoms with van der Waals surface area (Å²) in [6, 6.07) is 2.63. The number of ether oxygens (including phenoxy) is 2. The zero-order chi connectivity index (χ0) is 17.2. The lowest BCUT2D eigenvalue weighted by Gasteiger charge is -2.21. The summed E-state index contributed by atoms with van der Waals surface area (Å²) in [7, 11) is -1.49. The molecule has 0 radical (unpaired) electrons. The second-order valence-electron chi connectivity index (χ2n) is 4.97. The summed E-state index contributed by atoms with van der Waals surface area (Å²) in [6.45, 7) is 0.139. The predicted octanol–water partition coefficient (Wildman–Crippen LogP) is 0.719. The van der Waals surface area contributed by atoms with E-state index in [-0.39, 0.29) is 29.2 Å². The van der Waals surface area contributed by atoms with Gasteiger partial charge in [0, 0.05) is 12.6 Å². The molecule has 0 saturated carbocycles. The third-order valence-electron chi connectivity index (χ3n) is 3.67. The second kappa shape index (κ2) is 6.55. The van der Waals surface area contributed by atoms with Gasteiger partial charge in [0.1, 0.15) is 17.4 Å². The first kappa shape index (κ1) is 17.2. The van der Waals surface area contributed by atoms with Gasteiger partial charge < -0.3 is 14.6 Å².